The Bertz CT molecular complexity index is 1270. The first-order valence-electron chi connectivity index (χ1n) is 9.12. The molecule has 0 aliphatic rings. The Hall–Kier alpha value is -4.23. The summed E-state index contributed by atoms with van der Waals surface area (Å²) in [5.74, 6) is -0.174. The Kier molecular flexibility index (Phi) is 6.82. The molecule has 10 heteroatoms. The summed E-state index contributed by atoms with van der Waals surface area (Å²) in [4.78, 5) is 33.9. The van der Waals surface area contributed by atoms with Crippen molar-refractivity contribution in [1.82, 2.24) is 0 Å². The first-order valence-corrected chi connectivity index (χ1v) is 9.91. The van der Waals surface area contributed by atoms with Gasteiger partial charge in [0.1, 0.15) is 23.2 Å². The van der Waals surface area contributed by atoms with Crippen molar-refractivity contribution in [3.8, 4) is 17.4 Å². The summed E-state index contributed by atoms with van der Waals surface area (Å²) in [5, 5.41) is 25.5. The second-order valence-electron chi connectivity index (χ2n) is 6.51. The summed E-state index contributed by atoms with van der Waals surface area (Å²) in [6.07, 6.45) is 1.30. The largest absolute Gasteiger partial charge is 0.457 e. The van der Waals surface area contributed by atoms with Crippen LogP contribution in [-0.2, 0) is 9.59 Å². The molecule has 0 aliphatic heterocycles. The zero-order chi connectivity index (χ0) is 23.3. The van der Waals surface area contributed by atoms with Crippen molar-refractivity contribution >= 4 is 50.9 Å². The Balaban J connectivity index is 1.76. The number of furan rings is 1. The van der Waals surface area contributed by atoms with Gasteiger partial charge in [-0.05, 0) is 58.4 Å². The van der Waals surface area contributed by atoms with Crippen molar-refractivity contribution in [1.29, 1.82) is 5.26 Å². The molecule has 3 rings (SSSR count). The summed E-state index contributed by atoms with van der Waals surface area (Å²) in [5.41, 5.74) is 1.35. The van der Waals surface area contributed by atoms with Crippen molar-refractivity contribution in [2.75, 3.05) is 10.6 Å². The Morgan fingerprint density at radius 1 is 1.09 bits per heavy atom. The molecule has 1 heterocycles. The molecule has 0 atom stereocenters. The normalized spacial score (nSPS) is 10.8. The second-order valence-corrected chi connectivity index (χ2v) is 7.36. The molecule has 0 unspecified atom stereocenters. The highest BCUT2D eigenvalue weighted by Gasteiger charge is 2.15. The first-order chi connectivity index (χ1) is 15.3. The summed E-state index contributed by atoms with van der Waals surface area (Å²) in [6, 6.07) is 15.7. The Morgan fingerprint density at radius 3 is 2.31 bits per heavy atom. The number of amides is 2. The van der Waals surface area contributed by atoms with E-state index in [4.69, 9.17) is 4.42 Å². The fourth-order valence-corrected chi connectivity index (χ4v) is 3.28. The number of rotatable bonds is 6. The lowest BCUT2D eigenvalue weighted by Gasteiger charge is -2.06. The van der Waals surface area contributed by atoms with Gasteiger partial charge in [0.25, 0.3) is 11.6 Å². The molecular formula is C22H15BrN4O5. The van der Waals surface area contributed by atoms with E-state index in [0.717, 1.165) is 0 Å². The van der Waals surface area contributed by atoms with E-state index in [2.05, 4.69) is 26.6 Å². The molecule has 0 saturated heterocycles. The number of nitriles is 1. The zero-order valence-electron chi connectivity index (χ0n) is 16.6. The van der Waals surface area contributed by atoms with Crippen LogP contribution in [-0.4, -0.2) is 16.7 Å². The number of nitro groups is 1. The standard InChI is InChI=1S/C22H15BrN4O5/c1-13(28)25-15-2-4-16(5-3-15)26-22(29)14(12-24)10-18-7-9-21(32-18)19-8-6-17(27(30)31)11-20(19)23/h2-11H,1H3,(H,25,28)(H,26,29)/b14-10+. The third-order valence-electron chi connectivity index (χ3n) is 4.17. The maximum absolute atomic E-state index is 12.5. The van der Waals surface area contributed by atoms with E-state index < -0.39 is 10.8 Å². The number of hydrogen-bond donors (Lipinski definition) is 2. The van der Waals surface area contributed by atoms with E-state index in [1.54, 1.807) is 36.4 Å². The van der Waals surface area contributed by atoms with Crippen LogP contribution in [0, 0.1) is 21.4 Å². The van der Waals surface area contributed by atoms with Crippen molar-refractivity contribution in [3.63, 3.8) is 0 Å². The minimum absolute atomic E-state index is 0.0687. The number of halogens is 1. The molecule has 160 valence electrons. The van der Waals surface area contributed by atoms with E-state index in [0.29, 0.717) is 27.2 Å². The van der Waals surface area contributed by atoms with Crippen molar-refractivity contribution in [3.05, 3.63) is 80.5 Å². The summed E-state index contributed by atoms with van der Waals surface area (Å²) >= 11 is 3.28. The lowest BCUT2D eigenvalue weighted by molar-refractivity contribution is -0.384. The first kappa shape index (κ1) is 22.5. The van der Waals surface area contributed by atoms with Crippen molar-refractivity contribution < 1.29 is 18.9 Å². The number of carbonyl (C=O) groups excluding carboxylic acids is 2. The molecule has 0 spiro atoms. The highest BCUT2D eigenvalue weighted by Crippen LogP contribution is 2.33. The zero-order valence-corrected chi connectivity index (χ0v) is 18.2. The van der Waals surface area contributed by atoms with Gasteiger partial charge < -0.3 is 15.1 Å². The Labute approximate surface area is 190 Å². The van der Waals surface area contributed by atoms with Gasteiger partial charge in [0, 0.05) is 46.5 Å². The van der Waals surface area contributed by atoms with Gasteiger partial charge in [-0.1, -0.05) is 0 Å². The molecule has 9 nitrogen and oxygen atoms in total. The number of nitro benzene ring substituents is 1. The molecule has 0 saturated carbocycles. The average molecular weight is 495 g/mol. The van der Waals surface area contributed by atoms with Crippen LogP contribution in [0.2, 0.25) is 0 Å². The third-order valence-corrected chi connectivity index (χ3v) is 4.83. The van der Waals surface area contributed by atoms with Gasteiger partial charge in [0.15, 0.2) is 0 Å². The van der Waals surface area contributed by atoms with Crippen LogP contribution in [0.25, 0.3) is 17.4 Å². The van der Waals surface area contributed by atoms with Crippen LogP contribution < -0.4 is 10.6 Å². The van der Waals surface area contributed by atoms with Crippen LogP contribution in [0.15, 0.2) is 69.1 Å². The maximum Gasteiger partial charge on any atom is 0.270 e. The van der Waals surface area contributed by atoms with Gasteiger partial charge in [0.05, 0.1) is 4.92 Å². The molecule has 0 bridgehead atoms. The predicted molar refractivity (Wildman–Crippen MR) is 121 cm³/mol. The molecule has 0 fully saturated rings. The molecule has 0 aliphatic carbocycles. The molecule has 32 heavy (non-hydrogen) atoms. The van der Waals surface area contributed by atoms with Crippen LogP contribution >= 0.6 is 15.9 Å². The second kappa shape index (κ2) is 9.72. The minimum atomic E-state index is -0.630. The molecule has 2 N–H and O–H groups in total. The van der Waals surface area contributed by atoms with E-state index in [9.17, 15) is 25.0 Å². The molecule has 1 aromatic heterocycles. The quantitative estimate of drug-likeness (QED) is 0.211. The SMILES string of the molecule is CC(=O)Nc1ccc(NC(=O)/C(C#N)=C/c2ccc(-c3ccc([N+](=O)[O-])cc3Br)o2)cc1. The minimum Gasteiger partial charge on any atom is -0.457 e. The van der Waals surface area contributed by atoms with Crippen LogP contribution in [0.3, 0.4) is 0 Å². The molecule has 2 aromatic carbocycles. The topological polar surface area (TPSA) is 138 Å². The highest BCUT2D eigenvalue weighted by atomic mass is 79.9. The van der Waals surface area contributed by atoms with Crippen LogP contribution in [0.1, 0.15) is 12.7 Å². The van der Waals surface area contributed by atoms with E-state index in [1.165, 1.54) is 31.2 Å². The number of nitrogens with one attached hydrogen (secondary N) is 2. The third kappa shape index (κ3) is 5.47. The highest BCUT2D eigenvalue weighted by molar-refractivity contribution is 9.10. The summed E-state index contributed by atoms with van der Waals surface area (Å²) in [7, 11) is 0. The predicted octanol–water partition coefficient (Wildman–Crippen LogP) is 5.12. The van der Waals surface area contributed by atoms with Crippen LogP contribution in [0.5, 0.6) is 0 Å². The van der Waals surface area contributed by atoms with Gasteiger partial charge >= 0.3 is 0 Å². The van der Waals surface area contributed by atoms with E-state index in [-0.39, 0.29) is 22.9 Å². The summed E-state index contributed by atoms with van der Waals surface area (Å²) < 4.78 is 6.16. The Morgan fingerprint density at radius 2 is 1.75 bits per heavy atom. The number of anilines is 2. The molecule has 2 amide bonds. The molecule has 3 aromatic rings. The van der Waals surface area contributed by atoms with E-state index in [1.807, 2.05) is 6.07 Å². The van der Waals surface area contributed by atoms with Gasteiger partial charge in [-0.15, -0.1) is 0 Å². The summed E-state index contributed by atoms with van der Waals surface area (Å²) in [6.45, 7) is 1.39. The number of carbonyl (C=O) groups is 2. The van der Waals surface area contributed by atoms with Crippen LogP contribution in [0.4, 0.5) is 17.1 Å². The molecule has 0 radical (unpaired) electrons. The maximum atomic E-state index is 12.5. The monoisotopic (exact) mass is 494 g/mol. The number of hydrogen-bond acceptors (Lipinski definition) is 6. The van der Waals surface area contributed by atoms with Gasteiger partial charge in [-0.2, -0.15) is 5.26 Å². The fraction of sp³-hybridized carbons (Fsp3) is 0.0455. The lowest BCUT2D eigenvalue weighted by Crippen LogP contribution is -2.13. The number of nitrogens with zero attached hydrogens (tertiary/aromatic N) is 2. The van der Waals surface area contributed by atoms with Crippen molar-refractivity contribution in [2.24, 2.45) is 0 Å². The van der Waals surface area contributed by atoms with Gasteiger partial charge in [0.2, 0.25) is 5.91 Å². The fourth-order valence-electron chi connectivity index (χ4n) is 2.72. The smallest absolute Gasteiger partial charge is 0.270 e. The van der Waals surface area contributed by atoms with Gasteiger partial charge in [-0.25, -0.2) is 0 Å². The lowest BCUT2D eigenvalue weighted by atomic mass is 10.1. The average Bonchev–Trinajstić information content (AvgIpc) is 3.21. The van der Waals surface area contributed by atoms with E-state index >= 15 is 0 Å². The number of non-ortho nitro benzene ring substituents is 1. The molecular weight excluding hydrogens is 480 g/mol. The number of benzene rings is 2. The van der Waals surface area contributed by atoms with Gasteiger partial charge in [-0.3, -0.25) is 19.7 Å². The van der Waals surface area contributed by atoms with Crippen molar-refractivity contribution in [2.45, 2.75) is 6.92 Å².